The SMILES string of the molecule is C[C@H]1CN(C(=O)Cc2ccc(CN3CCN(C)CC3)c(C(F)(F)F)c2)Cc2cc(Oc3ccnc4[nH]c(C5CC5)cc34)cnc21. The zero-order valence-electron chi connectivity index (χ0n) is 25.5. The van der Waals surface area contributed by atoms with Crippen molar-refractivity contribution in [3.63, 3.8) is 0 Å². The van der Waals surface area contributed by atoms with Gasteiger partial charge in [0.15, 0.2) is 0 Å². The van der Waals surface area contributed by atoms with Crippen molar-refractivity contribution in [3.05, 3.63) is 82.4 Å². The van der Waals surface area contributed by atoms with Crippen LogP contribution in [0.15, 0.2) is 48.8 Å². The minimum absolute atomic E-state index is 0.0261. The summed E-state index contributed by atoms with van der Waals surface area (Å²) < 4.78 is 48.7. The standard InChI is InChI=1S/C34H37F3N6O2/c1-21-18-43(31(44)14-22-3-4-24(28(13-22)34(35,36)37)19-42-11-9-41(2)10-12-42)20-25-15-26(17-39-32(21)25)45-30-7-8-38-33-27(30)16-29(40-33)23-5-6-23/h3-4,7-8,13,15-17,21,23H,5-6,9-12,14,18-20H2,1-2H3,(H,38,40)/t21-/m0/s1. The number of nitrogens with one attached hydrogen (secondary N) is 1. The monoisotopic (exact) mass is 618 g/mol. The summed E-state index contributed by atoms with van der Waals surface area (Å²) in [4.78, 5) is 31.9. The Balaban J connectivity index is 1.06. The van der Waals surface area contributed by atoms with E-state index in [1.54, 1.807) is 29.4 Å². The molecule has 1 atom stereocenters. The third kappa shape index (κ3) is 6.41. The zero-order chi connectivity index (χ0) is 31.3. The highest BCUT2D eigenvalue weighted by atomic mass is 19.4. The molecule has 8 nitrogen and oxygen atoms in total. The number of rotatable bonds is 7. The molecule has 0 spiro atoms. The van der Waals surface area contributed by atoms with Crippen molar-refractivity contribution in [2.45, 2.75) is 57.3 Å². The van der Waals surface area contributed by atoms with Crippen LogP contribution in [0.2, 0.25) is 0 Å². The minimum Gasteiger partial charge on any atom is -0.455 e. The highest BCUT2D eigenvalue weighted by Crippen LogP contribution is 2.42. The molecule has 5 heterocycles. The third-order valence-corrected chi connectivity index (χ3v) is 9.23. The van der Waals surface area contributed by atoms with Crippen LogP contribution in [0, 0.1) is 0 Å². The van der Waals surface area contributed by atoms with E-state index in [2.05, 4.69) is 30.8 Å². The molecule has 7 rings (SSSR count). The number of likely N-dealkylation sites (N-methyl/N-ethyl adjacent to an activating group) is 1. The Morgan fingerprint density at radius 1 is 1.07 bits per heavy atom. The molecule has 236 valence electrons. The molecule has 1 saturated carbocycles. The van der Waals surface area contributed by atoms with Gasteiger partial charge in [-0.1, -0.05) is 19.1 Å². The second kappa shape index (κ2) is 11.8. The molecule has 0 unspecified atom stereocenters. The Morgan fingerprint density at radius 3 is 2.62 bits per heavy atom. The second-order valence-corrected chi connectivity index (χ2v) is 12.8. The number of aromatic nitrogens is 3. The van der Waals surface area contributed by atoms with Gasteiger partial charge in [0.1, 0.15) is 17.1 Å². The molecule has 0 radical (unpaired) electrons. The van der Waals surface area contributed by atoms with Gasteiger partial charge >= 0.3 is 6.18 Å². The third-order valence-electron chi connectivity index (χ3n) is 9.23. The Kier molecular flexibility index (Phi) is 7.77. The van der Waals surface area contributed by atoms with Gasteiger partial charge in [-0.2, -0.15) is 13.2 Å². The molecule has 45 heavy (non-hydrogen) atoms. The van der Waals surface area contributed by atoms with Crippen LogP contribution in [-0.2, 0) is 30.5 Å². The number of carbonyl (C=O) groups excluding carboxylic acids is 1. The summed E-state index contributed by atoms with van der Waals surface area (Å²) in [6.45, 7) is 6.13. The number of carbonyl (C=O) groups is 1. The molecule has 1 aromatic carbocycles. The lowest BCUT2D eigenvalue weighted by molar-refractivity contribution is -0.138. The summed E-state index contributed by atoms with van der Waals surface area (Å²) in [6, 6.07) is 10.2. The first kappa shape index (κ1) is 29.7. The van der Waals surface area contributed by atoms with E-state index in [0.29, 0.717) is 36.1 Å². The van der Waals surface area contributed by atoms with Gasteiger partial charge in [0.2, 0.25) is 5.91 Å². The lowest BCUT2D eigenvalue weighted by Crippen LogP contribution is -2.44. The molecule has 3 aromatic heterocycles. The van der Waals surface area contributed by atoms with Crippen LogP contribution in [0.5, 0.6) is 11.5 Å². The van der Waals surface area contributed by atoms with Crippen molar-refractivity contribution in [3.8, 4) is 11.5 Å². The predicted octanol–water partition coefficient (Wildman–Crippen LogP) is 6.08. The van der Waals surface area contributed by atoms with Crippen LogP contribution in [0.4, 0.5) is 13.2 Å². The van der Waals surface area contributed by atoms with Crippen LogP contribution in [0.1, 0.15) is 65.2 Å². The van der Waals surface area contributed by atoms with E-state index in [4.69, 9.17) is 4.74 Å². The van der Waals surface area contributed by atoms with Crippen LogP contribution < -0.4 is 4.74 Å². The Hall–Kier alpha value is -3.96. The zero-order valence-corrected chi connectivity index (χ0v) is 25.5. The van der Waals surface area contributed by atoms with Gasteiger partial charge in [0, 0.05) is 63.6 Å². The normalized spacial score (nSPS) is 19.6. The number of fused-ring (bicyclic) bond motifs is 2. The van der Waals surface area contributed by atoms with Crippen LogP contribution in [-0.4, -0.2) is 75.3 Å². The van der Waals surface area contributed by atoms with Gasteiger partial charge in [-0.3, -0.25) is 14.7 Å². The van der Waals surface area contributed by atoms with E-state index < -0.39 is 11.7 Å². The summed E-state index contributed by atoms with van der Waals surface area (Å²) >= 11 is 0. The quantitative estimate of drug-likeness (QED) is 0.271. The molecule has 11 heteroatoms. The number of pyridine rings is 2. The number of ether oxygens (including phenoxy) is 1. The maximum atomic E-state index is 14.1. The smallest absolute Gasteiger partial charge is 0.416 e. The molecular weight excluding hydrogens is 581 g/mol. The van der Waals surface area contributed by atoms with E-state index in [9.17, 15) is 18.0 Å². The van der Waals surface area contributed by atoms with E-state index in [1.807, 2.05) is 26.1 Å². The molecule has 4 aromatic rings. The topological polar surface area (TPSA) is 77.6 Å². The second-order valence-electron chi connectivity index (χ2n) is 12.8. The summed E-state index contributed by atoms with van der Waals surface area (Å²) in [6.07, 6.45) is 1.17. The van der Waals surface area contributed by atoms with Crippen molar-refractivity contribution in [1.82, 2.24) is 29.7 Å². The molecular formula is C34H37F3N6O2. The van der Waals surface area contributed by atoms with E-state index >= 15 is 0 Å². The number of benzene rings is 1. The lowest BCUT2D eigenvalue weighted by atomic mass is 9.95. The van der Waals surface area contributed by atoms with Gasteiger partial charge < -0.3 is 19.5 Å². The van der Waals surface area contributed by atoms with Gasteiger partial charge in [-0.05, 0) is 66.8 Å². The van der Waals surface area contributed by atoms with Gasteiger partial charge in [0.25, 0.3) is 0 Å². The number of amides is 1. The molecule has 0 bridgehead atoms. The van der Waals surface area contributed by atoms with Gasteiger partial charge in [-0.25, -0.2) is 4.98 Å². The van der Waals surface area contributed by atoms with Crippen molar-refractivity contribution in [2.24, 2.45) is 0 Å². The Morgan fingerprint density at radius 2 is 1.87 bits per heavy atom. The van der Waals surface area contributed by atoms with E-state index in [0.717, 1.165) is 54.5 Å². The van der Waals surface area contributed by atoms with Crippen LogP contribution in [0.25, 0.3) is 11.0 Å². The van der Waals surface area contributed by atoms with Gasteiger partial charge in [-0.15, -0.1) is 0 Å². The first-order chi connectivity index (χ1) is 21.6. The lowest BCUT2D eigenvalue weighted by Gasteiger charge is -2.33. The number of hydrogen-bond acceptors (Lipinski definition) is 6. The fourth-order valence-corrected chi connectivity index (χ4v) is 6.52. The molecule has 2 aliphatic heterocycles. The van der Waals surface area contributed by atoms with E-state index in [-0.39, 0.29) is 30.4 Å². The Bertz CT molecular complexity index is 1720. The largest absolute Gasteiger partial charge is 0.455 e. The van der Waals surface area contributed by atoms with Crippen molar-refractivity contribution in [1.29, 1.82) is 0 Å². The van der Waals surface area contributed by atoms with Crippen LogP contribution >= 0.6 is 0 Å². The molecule has 3 aliphatic rings. The average molecular weight is 619 g/mol. The molecule has 1 saturated heterocycles. The summed E-state index contributed by atoms with van der Waals surface area (Å²) in [7, 11) is 2.02. The van der Waals surface area contributed by atoms with Crippen molar-refractivity contribution >= 4 is 16.9 Å². The maximum Gasteiger partial charge on any atom is 0.416 e. The fraction of sp³-hybridized carbons (Fsp3) is 0.441. The fourth-order valence-electron chi connectivity index (χ4n) is 6.52. The molecule has 1 N–H and O–H groups in total. The van der Waals surface area contributed by atoms with E-state index in [1.165, 1.54) is 18.5 Å². The number of halogens is 3. The van der Waals surface area contributed by atoms with Crippen molar-refractivity contribution < 1.29 is 22.7 Å². The van der Waals surface area contributed by atoms with Crippen molar-refractivity contribution in [2.75, 3.05) is 39.8 Å². The minimum atomic E-state index is -4.50. The molecule has 1 amide bonds. The predicted molar refractivity (Wildman–Crippen MR) is 164 cm³/mol. The first-order valence-electron chi connectivity index (χ1n) is 15.6. The molecule has 2 fully saturated rings. The summed E-state index contributed by atoms with van der Waals surface area (Å²) in [5.74, 6) is 1.56. The number of piperazine rings is 1. The number of alkyl halides is 3. The number of H-pyrrole nitrogens is 1. The first-order valence-corrected chi connectivity index (χ1v) is 15.6. The molecule has 1 aliphatic carbocycles. The average Bonchev–Trinajstić information content (AvgIpc) is 3.76. The van der Waals surface area contributed by atoms with Crippen LogP contribution in [0.3, 0.4) is 0 Å². The highest BCUT2D eigenvalue weighted by molar-refractivity contribution is 5.84. The maximum absolute atomic E-state index is 14.1. The summed E-state index contributed by atoms with van der Waals surface area (Å²) in [5, 5.41) is 0.912. The number of aromatic amines is 1. The number of nitrogens with zero attached hydrogens (tertiary/aromatic N) is 5. The Labute approximate surface area is 260 Å². The highest BCUT2D eigenvalue weighted by Gasteiger charge is 2.35. The number of hydrogen-bond donors (Lipinski definition) is 1. The van der Waals surface area contributed by atoms with Gasteiger partial charge in [0.05, 0.1) is 29.3 Å². The summed E-state index contributed by atoms with van der Waals surface area (Å²) in [5.41, 5.74) is 3.68.